The second-order valence-electron chi connectivity index (χ2n) is 12.3. The van der Waals surface area contributed by atoms with Crippen LogP contribution in [0.2, 0.25) is 0 Å². The first-order valence-electron chi connectivity index (χ1n) is 16.3. The zero-order chi connectivity index (χ0) is 32.3. The van der Waals surface area contributed by atoms with Gasteiger partial charge in [-0.3, -0.25) is 0 Å². The molecule has 0 aliphatic heterocycles. The van der Waals surface area contributed by atoms with Crippen LogP contribution in [0.5, 0.6) is 0 Å². The highest BCUT2D eigenvalue weighted by Gasteiger charge is 2.15. The molecule has 10 rings (SSSR count). The molecule has 49 heavy (non-hydrogen) atoms. The van der Waals surface area contributed by atoms with Gasteiger partial charge in [-0.2, -0.15) is 0 Å². The first-order chi connectivity index (χ1) is 24.2. The number of pyridine rings is 2. The Morgan fingerprint density at radius 1 is 0.367 bits per heavy atom. The van der Waals surface area contributed by atoms with Crippen LogP contribution in [-0.2, 0) is 0 Å². The molecule has 5 heteroatoms. The number of aromatic nitrogens is 4. The average molecular weight is 643 g/mol. The van der Waals surface area contributed by atoms with Gasteiger partial charge in [-0.15, -0.1) is 11.3 Å². The molecule has 0 spiro atoms. The summed E-state index contributed by atoms with van der Waals surface area (Å²) in [5.41, 5.74) is 9.56. The summed E-state index contributed by atoms with van der Waals surface area (Å²) in [6, 6.07) is 54.9. The maximum Gasteiger partial charge on any atom is 0.160 e. The lowest BCUT2D eigenvalue weighted by molar-refractivity contribution is 1.23. The van der Waals surface area contributed by atoms with Gasteiger partial charge in [-0.25, -0.2) is 19.9 Å². The van der Waals surface area contributed by atoms with Crippen molar-refractivity contribution in [1.82, 2.24) is 19.9 Å². The van der Waals surface area contributed by atoms with Gasteiger partial charge in [0.25, 0.3) is 0 Å². The Morgan fingerprint density at radius 3 is 1.82 bits per heavy atom. The predicted octanol–water partition coefficient (Wildman–Crippen LogP) is 11.8. The molecular weight excluding hydrogens is 617 g/mol. The molecule has 0 atom stereocenters. The quantitative estimate of drug-likeness (QED) is 0.179. The third-order valence-corrected chi connectivity index (χ3v) is 10.4. The molecule has 228 valence electrons. The summed E-state index contributed by atoms with van der Waals surface area (Å²) in [5, 5.41) is 5.73. The van der Waals surface area contributed by atoms with Gasteiger partial charge in [0.05, 0.1) is 33.6 Å². The van der Waals surface area contributed by atoms with Gasteiger partial charge < -0.3 is 0 Å². The molecule has 0 saturated heterocycles. The topological polar surface area (TPSA) is 51.6 Å². The van der Waals surface area contributed by atoms with E-state index >= 15 is 0 Å². The smallest absolute Gasteiger partial charge is 0.160 e. The lowest BCUT2D eigenvalue weighted by Crippen LogP contribution is -1.96. The van der Waals surface area contributed by atoms with Crippen molar-refractivity contribution in [1.29, 1.82) is 0 Å². The second-order valence-corrected chi connectivity index (χ2v) is 13.4. The number of rotatable bonds is 4. The average Bonchev–Trinajstić information content (AvgIpc) is 3.55. The minimum atomic E-state index is 0.687. The van der Waals surface area contributed by atoms with E-state index in [1.54, 1.807) is 0 Å². The van der Waals surface area contributed by atoms with E-state index in [2.05, 4.69) is 133 Å². The third kappa shape index (κ3) is 4.74. The van der Waals surface area contributed by atoms with Gasteiger partial charge in [0, 0.05) is 58.6 Å². The van der Waals surface area contributed by atoms with Crippen molar-refractivity contribution in [3.63, 3.8) is 0 Å². The highest BCUT2D eigenvalue weighted by molar-refractivity contribution is 7.25. The van der Waals surface area contributed by atoms with Gasteiger partial charge in [-0.05, 0) is 36.4 Å². The largest absolute Gasteiger partial charge is 0.245 e. The Hall–Kier alpha value is -6.30. The van der Waals surface area contributed by atoms with Crippen molar-refractivity contribution in [2.75, 3.05) is 0 Å². The van der Waals surface area contributed by atoms with Crippen molar-refractivity contribution in [3.05, 3.63) is 158 Å². The number of hydrogen-bond acceptors (Lipinski definition) is 5. The molecule has 0 fully saturated rings. The molecule has 0 unspecified atom stereocenters. The molecule has 10 aromatic rings. The molecule has 0 aliphatic rings. The van der Waals surface area contributed by atoms with Crippen molar-refractivity contribution < 1.29 is 0 Å². The zero-order valence-electron chi connectivity index (χ0n) is 26.2. The summed E-state index contributed by atoms with van der Waals surface area (Å²) in [7, 11) is 0. The van der Waals surface area contributed by atoms with Crippen molar-refractivity contribution in [2.24, 2.45) is 0 Å². The molecule has 0 aliphatic carbocycles. The van der Waals surface area contributed by atoms with E-state index < -0.39 is 0 Å². The van der Waals surface area contributed by atoms with Crippen LogP contribution < -0.4 is 0 Å². The third-order valence-electron chi connectivity index (χ3n) is 9.26. The van der Waals surface area contributed by atoms with E-state index in [0.717, 1.165) is 72.0 Å². The minimum Gasteiger partial charge on any atom is -0.245 e. The first kappa shape index (κ1) is 27.8. The summed E-state index contributed by atoms with van der Waals surface area (Å²) in [5.74, 6) is 0.687. The van der Waals surface area contributed by atoms with Crippen LogP contribution in [0, 0.1) is 0 Å². The molecule has 6 aromatic carbocycles. The minimum absolute atomic E-state index is 0.687. The highest BCUT2D eigenvalue weighted by atomic mass is 32.1. The van der Waals surface area contributed by atoms with Crippen molar-refractivity contribution >= 4 is 64.2 Å². The fourth-order valence-corrected chi connectivity index (χ4v) is 7.96. The lowest BCUT2D eigenvalue weighted by atomic mass is 10.0. The van der Waals surface area contributed by atoms with Crippen LogP contribution in [0.4, 0.5) is 0 Å². The van der Waals surface area contributed by atoms with Crippen LogP contribution in [0.3, 0.4) is 0 Å². The van der Waals surface area contributed by atoms with E-state index in [1.165, 1.54) is 20.2 Å². The van der Waals surface area contributed by atoms with E-state index in [0.29, 0.717) is 5.82 Å². The standard InChI is InChI=1S/C44H26N4S/c1-2-9-27(10-3-1)36-23-20-28-17-18-29-21-24-37(46-43(29)42(28)45-36)30-11-8-12-32(25-30)44-47-38-15-6-4-14-35(38)41(48-44)31-19-22-34-33-13-5-7-16-39(33)49-40(34)26-31/h1-26H. The van der Waals surface area contributed by atoms with Crippen LogP contribution >= 0.6 is 11.3 Å². The SMILES string of the molecule is c1ccc(-c2ccc3ccc4ccc(-c5cccc(-c6nc(-c7ccc8c(c7)sc7ccccc78)c7ccccc7n6)c5)nc4c3n2)cc1. The molecule has 0 N–H and O–H groups in total. The Labute approximate surface area is 286 Å². The number of benzene rings is 6. The number of hydrogen-bond donors (Lipinski definition) is 0. The number of nitrogens with zero attached hydrogens (tertiary/aromatic N) is 4. The first-order valence-corrected chi connectivity index (χ1v) is 17.1. The van der Waals surface area contributed by atoms with Gasteiger partial charge >= 0.3 is 0 Å². The molecular formula is C44H26N4S. The number of fused-ring (bicyclic) bond motifs is 7. The van der Waals surface area contributed by atoms with E-state index in [4.69, 9.17) is 19.9 Å². The molecule has 4 aromatic heterocycles. The van der Waals surface area contributed by atoms with Crippen molar-refractivity contribution in [3.8, 4) is 45.2 Å². The molecule has 0 radical (unpaired) electrons. The zero-order valence-corrected chi connectivity index (χ0v) is 27.0. The normalized spacial score (nSPS) is 11.7. The summed E-state index contributed by atoms with van der Waals surface area (Å²) in [6.07, 6.45) is 0. The van der Waals surface area contributed by atoms with Crippen LogP contribution in [0.15, 0.2) is 158 Å². The van der Waals surface area contributed by atoms with E-state index in [9.17, 15) is 0 Å². The molecule has 0 saturated carbocycles. The highest BCUT2D eigenvalue weighted by Crippen LogP contribution is 2.38. The van der Waals surface area contributed by atoms with E-state index in [1.807, 2.05) is 35.6 Å². The Bertz CT molecular complexity index is 2890. The summed E-state index contributed by atoms with van der Waals surface area (Å²) in [6.45, 7) is 0. The van der Waals surface area contributed by atoms with Gasteiger partial charge in [0.2, 0.25) is 0 Å². The molecule has 0 amide bonds. The predicted molar refractivity (Wildman–Crippen MR) is 205 cm³/mol. The molecule has 0 bridgehead atoms. The summed E-state index contributed by atoms with van der Waals surface area (Å²) >= 11 is 1.82. The Balaban J connectivity index is 1.09. The Morgan fingerprint density at radius 2 is 1.00 bits per heavy atom. The maximum atomic E-state index is 5.23. The second kappa shape index (κ2) is 11.2. The van der Waals surface area contributed by atoms with Crippen LogP contribution in [-0.4, -0.2) is 19.9 Å². The van der Waals surface area contributed by atoms with Gasteiger partial charge in [-0.1, -0.05) is 121 Å². The fraction of sp³-hybridized carbons (Fsp3) is 0. The molecule has 4 nitrogen and oxygen atoms in total. The van der Waals surface area contributed by atoms with Gasteiger partial charge in [0.15, 0.2) is 5.82 Å². The molecule has 4 heterocycles. The van der Waals surface area contributed by atoms with Crippen LogP contribution in [0.25, 0.3) is 98.0 Å². The van der Waals surface area contributed by atoms with Crippen molar-refractivity contribution in [2.45, 2.75) is 0 Å². The number of thiophene rings is 1. The summed E-state index contributed by atoms with van der Waals surface area (Å²) < 4.78 is 2.55. The van der Waals surface area contributed by atoms with Crippen LogP contribution in [0.1, 0.15) is 0 Å². The van der Waals surface area contributed by atoms with Gasteiger partial charge in [0.1, 0.15) is 0 Å². The lowest BCUT2D eigenvalue weighted by Gasteiger charge is -2.11. The monoisotopic (exact) mass is 642 g/mol. The summed E-state index contributed by atoms with van der Waals surface area (Å²) in [4.78, 5) is 20.6. The Kier molecular flexibility index (Phi) is 6.32. The maximum absolute atomic E-state index is 5.23. The fourth-order valence-electron chi connectivity index (χ4n) is 6.81. The van der Waals surface area contributed by atoms with E-state index in [-0.39, 0.29) is 0 Å². The number of para-hydroxylation sites is 1.